The summed E-state index contributed by atoms with van der Waals surface area (Å²) >= 11 is 0. The predicted octanol–water partition coefficient (Wildman–Crippen LogP) is 5.80. The zero-order chi connectivity index (χ0) is 18.3. The molecule has 1 fully saturated rings. The van der Waals surface area contributed by atoms with Crippen molar-refractivity contribution in [1.29, 1.82) is 0 Å². The maximum absolute atomic E-state index is 8.63. The fourth-order valence-electron chi connectivity index (χ4n) is 1.16. The van der Waals surface area contributed by atoms with Crippen molar-refractivity contribution in [2.75, 3.05) is 0 Å². The van der Waals surface area contributed by atoms with Crippen LogP contribution in [0.5, 0.6) is 0 Å². The predicted molar refractivity (Wildman–Crippen MR) is 107 cm³/mol. The Kier molecular flexibility index (Phi) is 14.0. The topological polar surface area (TPSA) is 38.7 Å². The van der Waals surface area contributed by atoms with E-state index in [2.05, 4.69) is 62.3 Å². The maximum Gasteiger partial charge on any atom is 0.460 e. The summed E-state index contributed by atoms with van der Waals surface area (Å²) in [6.07, 6.45) is 0. The first-order valence-corrected chi connectivity index (χ1v) is 8.67. The minimum absolute atomic E-state index is 0. The summed E-state index contributed by atoms with van der Waals surface area (Å²) in [4.78, 5) is 0. The van der Waals surface area contributed by atoms with Crippen LogP contribution in [-0.2, 0) is 9.31 Å². The molecule has 1 aliphatic heterocycles. The first-order chi connectivity index (χ1) is 9.64. The van der Waals surface area contributed by atoms with Gasteiger partial charge in [-0.1, -0.05) is 62.7 Å². The minimum atomic E-state index is -0.179. The van der Waals surface area contributed by atoms with Gasteiger partial charge in [-0.2, -0.15) is 0 Å². The molecule has 0 atom stereocenters. The van der Waals surface area contributed by atoms with Crippen molar-refractivity contribution in [3.63, 3.8) is 0 Å². The molecule has 1 aliphatic rings. The summed E-state index contributed by atoms with van der Waals surface area (Å²) in [5, 5.41) is 8.63. The second-order valence-corrected chi connectivity index (χ2v) is 8.59. The molecule has 0 radical (unpaired) electrons. The molecular weight excluding hydrogens is 286 g/mol. The van der Waals surface area contributed by atoms with Crippen LogP contribution in [0.4, 0.5) is 0 Å². The molecule has 0 spiro atoms. The van der Waals surface area contributed by atoms with E-state index in [4.69, 9.17) is 14.3 Å². The highest BCUT2D eigenvalue weighted by Crippen LogP contribution is 2.39. The summed E-state index contributed by atoms with van der Waals surface area (Å²) in [5.74, 6) is 1.66. The normalized spacial score (nSPS) is 18.0. The van der Waals surface area contributed by atoms with Gasteiger partial charge in [-0.25, -0.2) is 0 Å². The standard InChI is InChI=1S/C9H19BO2.C4H11BO.C4H10.CH4/c1-7(2)10-11-8(3,4)9(5,6)12-10;1-4(2)5(3)6;1-4(2)3;/h7H,1-6H3;4,6H,1-3H3;4H,1-3H3;1H4. The van der Waals surface area contributed by atoms with Crippen molar-refractivity contribution < 1.29 is 14.3 Å². The van der Waals surface area contributed by atoms with E-state index in [0.717, 1.165) is 5.92 Å². The van der Waals surface area contributed by atoms with Gasteiger partial charge < -0.3 is 14.3 Å². The minimum Gasteiger partial charge on any atom is -0.450 e. The quantitative estimate of drug-likeness (QED) is 0.651. The molecule has 3 nitrogen and oxygen atoms in total. The van der Waals surface area contributed by atoms with Crippen LogP contribution in [0.1, 0.15) is 83.6 Å². The Labute approximate surface area is 148 Å². The molecule has 0 saturated carbocycles. The molecule has 0 aromatic carbocycles. The van der Waals surface area contributed by atoms with Gasteiger partial charge in [-0.3, -0.25) is 0 Å². The summed E-state index contributed by atoms with van der Waals surface area (Å²) in [6.45, 7) is 24.7. The first-order valence-electron chi connectivity index (χ1n) is 8.67. The second-order valence-electron chi connectivity index (χ2n) is 8.59. The van der Waals surface area contributed by atoms with Crippen molar-refractivity contribution in [2.24, 2.45) is 5.92 Å². The number of rotatable bonds is 2. The lowest BCUT2D eigenvalue weighted by Gasteiger charge is -2.32. The molecule has 140 valence electrons. The van der Waals surface area contributed by atoms with Gasteiger partial charge in [0.25, 0.3) is 6.92 Å². The van der Waals surface area contributed by atoms with E-state index in [1.165, 1.54) is 0 Å². The van der Waals surface area contributed by atoms with Crippen LogP contribution in [0.25, 0.3) is 0 Å². The van der Waals surface area contributed by atoms with Gasteiger partial charge in [0.05, 0.1) is 11.2 Å². The smallest absolute Gasteiger partial charge is 0.450 e. The lowest BCUT2D eigenvalue weighted by atomic mass is 9.61. The maximum atomic E-state index is 8.63. The van der Waals surface area contributed by atoms with Gasteiger partial charge in [0.2, 0.25) is 0 Å². The van der Waals surface area contributed by atoms with Crippen LogP contribution in [-0.4, -0.2) is 30.3 Å². The van der Waals surface area contributed by atoms with E-state index in [1.54, 1.807) is 6.82 Å². The Balaban J connectivity index is -0.000000309. The van der Waals surface area contributed by atoms with Crippen molar-refractivity contribution in [2.45, 2.75) is 113 Å². The molecule has 0 amide bonds. The number of hydrogen-bond acceptors (Lipinski definition) is 3. The summed E-state index contributed by atoms with van der Waals surface area (Å²) < 4.78 is 11.6. The zero-order valence-electron chi connectivity index (χ0n) is 17.2. The van der Waals surface area contributed by atoms with E-state index in [1.807, 2.05) is 13.8 Å². The lowest BCUT2D eigenvalue weighted by molar-refractivity contribution is 0.00578. The van der Waals surface area contributed by atoms with Gasteiger partial charge in [-0.15, -0.1) is 0 Å². The molecule has 1 saturated heterocycles. The van der Waals surface area contributed by atoms with Gasteiger partial charge in [-0.05, 0) is 45.2 Å². The summed E-state index contributed by atoms with van der Waals surface area (Å²) in [7, 11) is -0.0463. The average Bonchev–Trinajstić information content (AvgIpc) is 2.48. The molecule has 0 aromatic heterocycles. The van der Waals surface area contributed by atoms with Crippen molar-refractivity contribution in [3.05, 3.63) is 0 Å². The van der Waals surface area contributed by atoms with Crippen molar-refractivity contribution >= 4 is 14.0 Å². The highest BCUT2D eigenvalue weighted by Gasteiger charge is 2.51. The Hall–Kier alpha value is 0.00987. The third-order valence-electron chi connectivity index (χ3n) is 3.78. The highest BCUT2D eigenvalue weighted by atomic mass is 16.7. The van der Waals surface area contributed by atoms with Crippen LogP contribution < -0.4 is 0 Å². The fourth-order valence-corrected chi connectivity index (χ4v) is 1.16. The van der Waals surface area contributed by atoms with Gasteiger partial charge in [0, 0.05) is 0 Å². The van der Waals surface area contributed by atoms with E-state index in [-0.39, 0.29) is 32.7 Å². The van der Waals surface area contributed by atoms with Crippen LogP contribution in [0.2, 0.25) is 18.5 Å². The van der Waals surface area contributed by atoms with Crippen LogP contribution in [0, 0.1) is 5.92 Å². The molecule has 1 heterocycles. The average molecular weight is 330 g/mol. The molecule has 1 rings (SSSR count). The van der Waals surface area contributed by atoms with E-state index >= 15 is 0 Å². The number of hydrogen-bond donors (Lipinski definition) is 1. The largest absolute Gasteiger partial charge is 0.460 e. The van der Waals surface area contributed by atoms with Gasteiger partial charge >= 0.3 is 7.12 Å². The van der Waals surface area contributed by atoms with Crippen molar-refractivity contribution in [3.8, 4) is 0 Å². The molecule has 0 bridgehead atoms. The van der Waals surface area contributed by atoms with E-state index < -0.39 is 0 Å². The third-order valence-corrected chi connectivity index (χ3v) is 3.78. The van der Waals surface area contributed by atoms with Gasteiger partial charge in [0.15, 0.2) is 0 Å². The van der Waals surface area contributed by atoms with Crippen LogP contribution in [0.15, 0.2) is 0 Å². The molecule has 0 aromatic rings. The summed E-state index contributed by atoms with van der Waals surface area (Å²) in [6, 6.07) is 0. The molecule has 23 heavy (non-hydrogen) atoms. The SMILES string of the molecule is C.CB(O)C(C)C.CC(C)B1OC(C)(C)C(C)(C)O1.CC(C)C. The highest BCUT2D eigenvalue weighted by molar-refractivity contribution is 6.50. The molecule has 1 N–H and O–H groups in total. The third kappa shape index (κ3) is 12.1. The van der Waals surface area contributed by atoms with E-state index in [9.17, 15) is 0 Å². The van der Waals surface area contributed by atoms with Gasteiger partial charge in [0.1, 0.15) is 0 Å². The Bertz CT molecular complexity index is 263. The fraction of sp³-hybridized carbons (Fsp3) is 1.00. The van der Waals surface area contributed by atoms with Crippen LogP contribution in [0.3, 0.4) is 0 Å². The Morgan fingerprint density at radius 2 is 1.04 bits per heavy atom. The van der Waals surface area contributed by atoms with Crippen LogP contribution >= 0.6 is 0 Å². The lowest BCUT2D eigenvalue weighted by Crippen LogP contribution is -2.41. The van der Waals surface area contributed by atoms with Crippen molar-refractivity contribution in [1.82, 2.24) is 0 Å². The second kappa shape index (κ2) is 11.5. The Morgan fingerprint density at radius 3 is 1.13 bits per heavy atom. The summed E-state index contributed by atoms with van der Waals surface area (Å²) in [5.41, 5.74) is -0.357. The monoisotopic (exact) mass is 330 g/mol. The molecule has 0 unspecified atom stereocenters. The zero-order valence-corrected chi connectivity index (χ0v) is 17.2. The Morgan fingerprint density at radius 1 is 0.826 bits per heavy atom. The molecular formula is C18H44B2O3. The molecule has 0 aliphatic carbocycles. The molecule has 5 heteroatoms. The first kappa shape index (κ1) is 27.8. The van der Waals surface area contributed by atoms with E-state index in [0.29, 0.717) is 11.6 Å².